The van der Waals surface area contributed by atoms with E-state index in [0.29, 0.717) is 24.4 Å². The van der Waals surface area contributed by atoms with Gasteiger partial charge in [0.15, 0.2) is 12.1 Å². The summed E-state index contributed by atoms with van der Waals surface area (Å²) in [5, 5.41) is 19.9. The zero-order valence-corrected chi connectivity index (χ0v) is 12.0. The van der Waals surface area contributed by atoms with E-state index in [9.17, 15) is 15.0 Å². The summed E-state index contributed by atoms with van der Waals surface area (Å²) in [6.07, 6.45) is 2.79. The van der Waals surface area contributed by atoms with E-state index >= 15 is 0 Å². The molecule has 2 N–H and O–H groups in total. The number of hydrogen-bond donors (Lipinski definition) is 2. The highest BCUT2D eigenvalue weighted by Crippen LogP contribution is 2.36. The summed E-state index contributed by atoms with van der Waals surface area (Å²) in [6.45, 7) is 4.41. The van der Waals surface area contributed by atoms with E-state index in [1.54, 1.807) is 11.8 Å². The Morgan fingerprint density at radius 1 is 1.65 bits per heavy atom. The summed E-state index contributed by atoms with van der Waals surface area (Å²) < 4.78 is 5.04. The highest BCUT2D eigenvalue weighted by atomic mass is 16.3. The standard InChI is InChI=1S/C14H22N2O4/c1-3-4-14(8-17)5-6-16(7-11(14)18)13(19)12-10(2)20-9-15-12/h9,11,17-18H,3-8H2,1-2H3/t11-,14+/m0/s1. The van der Waals surface area contributed by atoms with Crippen molar-refractivity contribution < 1.29 is 19.4 Å². The van der Waals surface area contributed by atoms with Crippen LogP contribution in [0.4, 0.5) is 0 Å². The highest BCUT2D eigenvalue weighted by molar-refractivity contribution is 5.93. The number of rotatable bonds is 4. The Hall–Kier alpha value is -1.40. The smallest absolute Gasteiger partial charge is 0.276 e. The number of oxazole rings is 1. The van der Waals surface area contributed by atoms with Gasteiger partial charge in [-0.25, -0.2) is 4.98 Å². The van der Waals surface area contributed by atoms with Crippen molar-refractivity contribution in [2.75, 3.05) is 19.7 Å². The number of carbonyl (C=O) groups is 1. The maximum atomic E-state index is 12.3. The molecule has 0 unspecified atom stereocenters. The summed E-state index contributed by atoms with van der Waals surface area (Å²) in [5.41, 5.74) is -0.186. The second kappa shape index (κ2) is 5.93. The number of piperidine rings is 1. The topological polar surface area (TPSA) is 86.8 Å². The van der Waals surface area contributed by atoms with Crippen molar-refractivity contribution in [2.24, 2.45) is 5.41 Å². The van der Waals surface area contributed by atoms with Crippen LogP contribution in [0.3, 0.4) is 0 Å². The molecule has 2 rings (SSSR count). The second-order valence-corrected chi connectivity index (χ2v) is 5.54. The number of aryl methyl sites for hydroxylation is 1. The van der Waals surface area contributed by atoms with Gasteiger partial charge in [0.25, 0.3) is 5.91 Å². The van der Waals surface area contributed by atoms with Crippen molar-refractivity contribution in [3.63, 3.8) is 0 Å². The summed E-state index contributed by atoms with van der Waals surface area (Å²) >= 11 is 0. The zero-order valence-electron chi connectivity index (χ0n) is 12.0. The fourth-order valence-corrected chi connectivity index (χ4v) is 2.92. The van der Waals surface area contributed by atoms with Crippen LogP contribution in [0.15, 0.2) is 10.8 Å². The Kier molecular flexibility index (Phi) is 4.45. The monoisotopic (exact) mass is 282 g/mol. The van der Waals surface area contributed by atoms with E-state index in [2.05, 4.69) is 4.98 Å². The number of amides is 1. The number of nitrogens with zero attached hydrogens (tertiary/aromatic N) is 2. The lowest BCUT2D eigenvalue weighted by Crippen LogP contribution is -2.54. The first-order chi connectivity index (χ1) is 9.54. The summed E-state index contributed by atoms with van der Waals surface area (Å²) in [5.74, 6) is 0.260. The van der Waals surface area contributed by atoms with Crippen LogP contribution >= 0.6 is 0 Å². The van der Waals surface area contributed by atoms with Crippen molar-refractivity contribution in [1.29, 1.82) is 0 Å². The third kappa shape index (κ3) is 2.58. The lowest BCUT2D eigenvalue weighted by molar-refractivity contribution is -0.0714. The number of carbonyl (C=O) groups excluding carboxylic acids is 1. The highest BCUT2D eigenvalue weighted by Gasteiger charge is 2.42. The molecule has 0 radical (unpaired) electrons. The van der Waals surface area contributed by atoms with E-state index in [1.165, 1.54) is 6.39 Å². The molecular weight excluding hydrogens is 260 g/mol. The summed E-state index contributed by atoms with van der Waals surface area (Å²) in [6, 6.07) is 0. The molecular formula is C14H22N2O4. The molecule has 0 spiro atoms. The summed E-state index contributed by atoms with van der Waals surface area (Å²) in [4.78, 5) is 17.8. The van der Waals surface area contributed by atoms with E-state index in [-0.39, 0.29) is 19.1 Å². The van der Waals surface area contributed by atoms with Crippen molar-refractivity contribution in [1.82, 2.24) is 9.88 Å². The van der Waals surface area contributed by atoms with Crippen LogP contribution in [0.25, 0.3) is 0 Å². The molecule has 0 bridgehead atoms. The Bertz CT molecular complexity index is 473. The van der Waals surface area contributed by atoms with Crippen LogP contribution < -0.4 is 0 Å². The van der Waals surface area contributed by atoms with Crippen molar-refractivity contribution in [3.8, 4) is 0 Å². The Balaban J connectivity index is 2.09. The Morgan fingerprint density at radius 2 is 2.40 bits per heavy atom. The van der Waals surface area contributed by atoms with Gasteiger partial charge in [0, 0.05) is 18.5 Å². The van der Waals surface area contributed by atoms with Gasteiger partial charge in [-0.2, -0.15) is 0 Å². The molecule has 6 heteroatoms. The molecule has 1 saturated heterocycles. The number of β-amino-alcohol motifs (C(OH)–C–C–N with tert-alkyl or cyclic N) is 1. The minimum absolute atomic E-state index is 0.0486. The maximum Gasteiger partial charge on any atom is 0.276 e. The van der Waals surface area contributed by atoms with E-state index in [0.717, 1.165) is 12.8 Å². The molecule has 112 valence electrons. The predicted octanol–water partition coefficient (Wildman–Crippen LogP) is 0.969. The first-order valence-electron chi connectivity index (χ1n) is 7.02. The molecule has 2 heterocycles. The molecule has 2 atom stereocenters. The first kappa shape index (κ1) is 15.0. The molecule has 1 aromatic heterocycles. The molecule has 1 aromatic rings. The predicted molar refractivity (Wildman–Crippen MR) is 72.2 cm³/mol. The SMILES string of the molecule is CCC[C@]1(CO)CCN(C(=O)c2ncoc2C)C[C@@H]1O. The average molecular weight is 282 g/mol. The largest absolute Gasteiger partial charge is 0.448 e. The van der Waals surface area contributed by atoms with E-state index in [1.807, 2.05) is 6.92 Å². The number of aliphatic hydroxyl groups excluding tert-OH is 2. The van der Waals surface area contributed by atoms with Crippen molar-refractivity contribution >= 4 is 5.91 Å². The van der Waals surface area contributed by atoms with Crippen molar-refractivity contribution in [3.05, 3.63) is 17.8 Å². The fourth-order valence-electron chi connectivity index (χ4n) is 2.92. The number of hydrogen-bond acceptors (Lipinski definition) is 5. The summed E-state index contributed by atoms with van der Waals surface area (Å²) in [7, 11) is 0. The fraction of sp³-hybridized carbons (Fsp3) is 0.714. The average Bonchev–Trinajstić information content (AvgIpc) is 2.86. The van der Waals surface area contributed by atoms with Gasteiger partial charge in [-0.15, -0.1) is 0 Å². The molecule has 0 saturated carbocycles. The van der Waals surface area contributed by atoms with Gasteiger partial charge in [0.1, 0.15) is 5.76 Å². The van der Waals surface area contributed by atoms with Gasteiger partial charge in [0.2, 0.25) is 0 Å². The van der Waals surface area contributed by atoms with E-state index < -0.39 is 11.5 Å². The Labute approximate surface area is 118 Å². The quantitative estimate of drug-likeness (QED) is 0.859. The number of likely N-dealkylation sites (tertiary alicyclic amines) is 1. The van der Waals surface area contributed by atoms with Crippen LogP contribution in [0.5, 0.6) is 0 Å². The molecule has 1 amide bonds. The first-order valence-corrected chi connectivity index (χ1v) is 7.02. The molecule has 6 nitrogen and oxygen atoms in total. The lowest BCUT2D eigenvalue weighted by Gasteiger charge is -2.44. The minimum Gasteiger partial charge on any atom is -0.448 e. The lowest BCUT2D eigenvalue weighted by atomic mass is 9.73. The molecule has 1 aliphatic rings. The van der Waals surface area contributed by atoms with Gasteiger partial charge in [-0.3, -0.25) is 4.79 Å². The van der Waals surface area contributed by atoms with E-state index in [4.69, 9.17) is 4.42 Å². The molecule has 20 heavy (non-hydrogen) atoms. The Morgan fingerprint density at radius 3 is 2.90 bits per heavy atom. The molecule has 0 aromatic carbocycles. The third-order valence-corrected chi connectivity index (χ3v) is 4.28. The minimum atomic E-state index is -0.711. The van der Waals surface area contributed by atoms with Crippen LogP contribution in [-0.4, -0.2) is 51.8 Å². The molecule has 0 aliphatic carbocycles. The van der Waals surface area contributed by atoms with Gasteiger partial charge < -0.3 is 19.5 Å². The van der Waals surface area contributed by atoms with Crippen LogP contribution in [-0.2, 0) is 0 Å². The van der Waals surface area contributed by atoms with Gasteiger partial charge in [-0.1, -0.05) is 13.3 Å². The van der Waals surface area contributed by atoms with Gasteiger partial charge in [0.05, 0.1) is 12.7 Å². The number of aromatic nitrogens is 1. The maximum absolute atomic E-state index is 12.3. The van der Waals surface area contributed by atoms with Crippen LogP contribution in [0, 0.1) is 12.3 Å². The third-order valence-electron chi connectivity index (χ3n) is 4.28. The van der Waals surface area contributed by atoms with Crippen molar-refractivity contribution in [2.45, 2.75) is 39.2 Å². The second-order valence-electron chi connectivity index (χ2n) is 5.54. The zero-order chi connectivity index (χ0) is 14.8. The normalized spacial score (nSPS) is 26.8. The van der Waals surface area contributed by atoms with Crippen LogP contribution in [0.1, 0.15) is 42.4 Å². The van der Waals surface area contributed by atoms with Crippen LogP contribution in [0.2, 0.25) is 0 Å². The van der Waals surface area contributed by atoms with Gasteiger partial charge >= 0.3 is 0 Å². The molecule has 1 aliphatic heterocycles. The van der Waals surface area contributed by atoms with Gasteiger partial charge in [-0.05, 0) is 19.8 Å². The molecule has 1 fully saturated rings. The number of aliphatic hydroxyl groups is 2.